The fraction of sp³-hybridized carbons (Fsp3) is 0.533. The first-order valence-corrected chi connectivity index (χ1v) is 9.43. The molecule has 0 aliphatic rings. The van der Waals surface area contributed by atoms with Crippen LogP contribution in [0.25, 0.3) is 0 Å². The Labute approximate surface area is 143 Å². The van der Waals surface area contributed by atoms with Crippen molar-refractivity contribution in [2.75, 3.05) is 44.5 Å². The van der Waals surface area contributed by atoms with E-state index in [0.29, 0.717) is 25.7 Å². The van der Waals surface area contributed by atoms with Crippen LogP contribution in [-0.4, -0.2) is 53.5 Å². The smallest absolute Gasteiger partial charge is 0.210 e. The maximum Gasteiger partial charge on any atom is 0.210 e. The van der Waals surface area contributed by atoms with Crippen LogP contribution in [0.2, 0.25) is 0 Å². The lowest BCUT2D eigenvalue weighted by molar-refractivity contribution is 0.172. The summed E-state index contributed by atoms with van der Waals surface area (Å²) in [5.74, 6) is 1.01. The zero-order valence-electron chi connectivity index (χ0n) is 14.1. The van der Waals surface area contributed by atoms with Crippen LogP contribution in [0.5, 0.6) is 5.75 Å². The van der Waals surface area contributed by atoms with Gasteiger partial charge < -0.3 is 20.1 Å². The standard InChI is InChI=1S/C15H26N4O4S/c1-3-17-15(18-8-11-24(16,20)21)19-13-6-4-7-14(12-13)23-10-5-9-22-2/h4,6-7,12H,3,5,8-11H2,1-2H3,(H2,16,20,21)(H2,17,18,19). The Bertz CT molecular complexity index is 620. The Morgan fingerprint density at radius 3 is 2.79 bits per heavy atom. The summed E-state index contributed by atoms with van der Waals surface area (Å²) in [6, 6.07) is 7.44. The third kappa shape index (κ3) is 9.33. The van der Waals surface area contributed by atoms with E-state index in [4.69, 9.17) is 14.6 Å². The number of hydrogen-bond donors (Lipinski definition) is 3. The van der Waals surface area contributed by atoms with Crippen LogP contribution in [0.3, 0.4) is 0 Å². The van der Waals surface area contributed by atoms with Gasteiger partial charge in [0, 0.05) is 38.4 Å². The second-order valence-electron chi connectivity index (χ2n) is 4.98. The first kappa shape index (κ1) is 20.2. The minimum absolute atomic E-state index is 0.0847. The van der Waals surface area contributed by atoms with Gasteiger partial charge in [0.05, 0.1) is 18.9 Å². The van der Waals surface area contributed by atoms with Crippen molar-refractivity contribution < 1.29 is 17.9 Å². The van der Waals surface area contributed by atoms with Crippen molar-refractivity contribution in [2.45, 2.75) is 13.3 Å². The number of guanidine groups is 1. The maximum absolute atomic E-state index is 11.0. The molecule has 1 rings (SSSR count). The molecule has 0 aliphatic heterocycles. The van der Waals surface area contributed by atoms with Crippen molar-refractivity contribution in [3.63, 3.8) is 0 Å². The lowest BCUT2D eigenvalue weighted by Crippen LogP contribution is -2.31. The van der Waals surface area contributed by atoms with Gasteiger partial charge in [-0.05, 0) is 19.1 Å². The first-order chi connectivity index (χ1) is 11.4. The molecular formula is C15H26N4O4S. The Morgan fingerprint density at radius 1 is 1.33 bits per heavy atom. The molecule has 9 heteroatoms. The predicted octanol–water partition coefficient (Wildman–Crippen LogP) is 0.768. The highest BCUT2D eigenvalue weighted by molar-refractivity contribution is 7.89. The third-order valence-corrected chi connectivity index (χ3v) is 3.60. The van der Waals surface area contributed by atoms with Crippen LogP contribution < -0.4 is 20.5 Å². The first-order valence-electron chi connectivity index (χ1n) is 7.72. The van der Waals surface area contributed by atoms with Gasteiger partial charge in [-0.3, -0.25) is 4.99 Å². The van der Waals surface area contributed by atoms with Crippen LogP contribution in [-0.2, 0) is 14.8 Å². The average Bonchev–Trinajstić information content (AvgIpc) is 2.51. The highest BCUT2D eigenvalue weighted by Crippen LogP contribution is 2.17. The van der Waals surface area contributed by atoms with E-state index in [2.05, 4.69) is 15.6 Å². The average molecular weight is 358 g/mol. The van der Waals surface area contributed by atoms with E-state index in [-0.39, 0.29) is 12.3 Å². The number of nitrogens with zero attached hydrogens (tertiary/aromatic N) is 1. The molecule has 0 unspecified atom stereocenters. The molecular weight excluding hydrogens is 332 g/mol. The minimum Gasteiger partial charge on any atom is -0.493 e. The topological polar surface area (TPSA) is 115 Å². The van der Waals surface area contributed by atoms with E-state index in [0.717, 1.165) is 17.9 Å². The van der Waals surface area contributed by atoms with Crippen LogP contribution >= 0.6 is 0 Å². The molecule has 0 saturated carbocycles. The summed E-state index contributed by atoms with van der Waals surface area (Å²) in [7, 11) is -1.87. The predicted molar refractivity (Wildman–Crippen MR) is 96.0 cm³/mol. The highest BCUT2D eigenvalue weighted by Gasteiger charge is 2.04. The summed E-state index contributed by atoms with van der Waals surface area (Å²) in [6.45, 7) is 3.88. The summed E-state index contributed by atoms with van der Waals surface area (Å²) < 4.78 is 32.5. The summed E-state index contributed by atoms with van der Waals surface area (Å²) in [4.78, 5) is 4.19. The van der Waals surface area contributed by atoms with Gasteiger partial charge in [0.15, 0.2) is 5.96 Å². The van der Waals surface area contributed by atoms with Crippen molar-refractivity contribution in [2.24, 2.45) is 10.1 Å². The molecule has 0 fully saturated rings. The Hall–Kier alpha value is -1.84. The van der Waals surface area contributed by atoms with E-state index in [1.54, 1.807) is 7.11 Å². The molecule has 0 atom stereocenters. The summed E-state index contributed by atoms with van der Waals surface area (Å²) in [5.41, 5.74) is 0.787. The molecule has 0 saturated heterocycles. The van der Waals surface area contributed by atoms with Gasteiger partial charge in [0.2, 0.25) is 10.0 Å². The summed E-state index contributed by atoms with van der Waals surface area (Å²) >= 11 is 0. The molecule has 0 aliphatic carbocycles. The third-order valence-electron chi connectivity index (χ3n) is 2.85. The van der Waals surface area contributed by atoms with Crippen LogP contribution in [0.1, 0.15) is 13.3 Å². The zero-order valence-corrected chi connectivity index (χ0v) is 14.9. The molecule has 0 amide bonds. The van der Waals surface area contributed by atoms with E-state index < -0.39 is 10.0 Å². The number of anilines is 1. The number of benzene rings is 1. The lowest BCUT2D eigenvalue weighted by Gasteiger charge is -2.12. The number of aliphatic imine (C=N–C) groups is 1. The van der Waals surface area contributed by atoms with Gasteiger partial charge >= 0.3 is 0 Å². The monoisotopic (exact) mass is 358 g/mol. The number of primary sulfonamides is 1. The molecule has 8 nitrogen and oxygen atoms in total. The molecule has 0 radical (unpaired) electrons. The van der Waals surface area contributed by atoms with Crippen molar-refractivity contribution in [3.8, 4) is 5.75 Å². The molecule has 0 heterocycles. The second-order valence-corrected chi connectivity index (χ2v) is 6.71. The SMILES string of the molecule is CCNC(=NCCS(N)(=O)=O)Nc1cccc(OCCCOC)c1. The van der Waals surface area contributed by atoms with E-state index in [1.807, 2.05) is 31.2 Å². The molecule has 0 bridgehead atoms. The Kier molecular flexibility index (Phi) is 9.13. The van der Waals surface area contributed by atoms with E-state index >= 15 is 0 Å². The van der Waals surface area contributed by atoms with Gasteiger partial charge in [-0.2, -0.15) is 0 Å². The molecule has 1 aromatic carbocycles. The zero-order chi connectivity index (χ0) is 17.8. The minimum atomic E-state index is -3.52. The van der Waals surface area contributed by atoms with Crippen molar-refractivity contribution >= 4 is 21.7 Å². The maximum atomic E-state index is 11.0. The quantitative estimate of drug-likeness (QED) is 0.323. The van der Waals surface area contributed by atoms with Gasteiger partial charge in [0.25, 0.3) is 0 Å². The number of nitrogens with two attached hydrogens (primary N) is 1. The lowest BCUT2D eigenvalue weighted by atomic mass is 10.3. The summed E-state index contributed by atoms with van der Waals surface area (Å²) in [5, 5.41) is 11.1. The fourth-order valence-corrected chi connectivity index (χ4v) is 2.13. The molecule has 136 valence electrons. The van der Waals surface area contributed by atoms with Crippen molar-refractivity contribution in [1.29, 1.82) is 0 Å². The van der Waals surface area contributed by atoms with Crippen LogP contribution in [0, 0.1) is 0 Å². The largest absolute Gasteiger partial charge is 0.493 e. The number of methoxy groups -OCH3 is 1. The number of rotatable bonds is 10. The van der Waals surface area contributed by atoms with Crippen molar-refractivity contribution in [1.82, 2.24) is 5.32 Å². The molecule has 0 aromatic heterocycles. The number of hydrogen-bond acceptors (Lipinski definition) is 5. The van der Waals surface area contributed by atoms with Gasteiger partial charge in [-0.1, -0.05) is 6.07 Å². The Morgan fingerprint density at radius 2 is 2.12 bits per heavy atom. The van der Waals surface area contributed by atoms with Gasteiger partial charge in [-0.25, -0.2) is 13.6 Å². The van der Waals surface area contributed by atoms with Crippen LogP contribution in [0.4, 0.5) is 5.69 Å². The van der Waals surface area contributed by atoms with Gasteiger partial charge in [0.1, 0.15) is 5.75 Å². The summed E-state index contributed by atoms with van der Waals surface area (Å²) in [6.07, 6.45) is 0.811. The van der Waals surface area contributed by atoms with E-state index in [9.17, 15) is 8.42 Å². The highest BCUT2D eigenvalue weighted by atomic mass is 32.2. The number of sulfonamides is 1. The normalized spacial score (nSPS) is 12.0. The van der Waals surface area contributed by atoms with Gasteiger partial charge in [-0.15, -0.1) is 0 Å². The van der Waals surface area contributed by atoms with Crippen LogP contribution in [0.15, 0.2) is 29.3 Å². The Balaban J connectivity index is 2.64. The van der Waals surface area contributed by atoms with Crippen molar-refractivity contribution in [3.05, 3.63) is 24.3 Å². The fourth-order valence-electron chi connectivity index (χ4n) is 1.79. The molecule has 1 aromatic rings. The number of ether oxygens (including phenoxy) is 2. The number of nitrogens with one attached hydrogen (secondary N) is 2. The molecule has 4 N–H and O–H groups in total. The second kappa shape index (κ2) is 10.8. The molecule has 24 heavy (non-hydrogen) atoms. The van der Waals surface area contributed by atoms with E-state index in [1.165, 1.54) is 0 Å². The molecule has 0 spiro atoms.